The van der Waals surface area contributed by atoms with Crippen LogP contribution in [0.4, 0.5) is 0 Å². The number of aliphatic imine (C=N–C) groups is 1. The third kappa shape index (κ3) is 3.47. The zero-order valence-electron chi connectivity index (χ0n) is 12.9. The van der Waals surface area contributed by atoms with Crippen molar-refractivity contribution in [1.82, 2.24) is 9.88 Å². The number of hydrogen-bond acceptors (Lipinski definition) is 3. The van der Waals surface area contributed by atoms with E-state index in [-0.39, 0.29) is 0 Å². The number of guanidine groups is 1. The van der Waals surface area contributed by atoms with Crippen molar-refractivity contribution in [2.24, 2.45) is 16.6 Å². The van der Waals surface area contributed by atoms with Gasteiger partial charge in [0.15, 0.2) is 11.7 Å². The number of rotatable bonds is 3. The monoisotopic (exact) mass is 298 g/mol. The second kappa shape index (κ2) is 6.64. The predicted molar refractivity (Wildman–Crippen MR) is 87.2 cm³/mol. The van der Waals surface area contributed by atoms with Gasteiger partial charge in [-0.25, -0.2) is 9.98 Å². The normalized spacial score (nSPS) is 17.0. The number of nitrogens with two attached hydrogens (primary N) is 1. The molecular weight excluding hydrogens is 276 g/mol. The number of hydrogen-bond donors (Lipinski definition) is 1. The summed E-state index contributed by atoms with van der Waals surface area (Å²) in [5, 5.41) is 0. The molecule has 2 aromatic rings. The highest BCUT2D eigenvalue weighted by Crippen LogP contribution is 2.20. The summed E-state index contributed by atoms with van der Waals surface area (Å²) in [7, 11) is 0. The first-order valence-electron chi connectivity index (χ1n) is 7.77. The van der Waals surface area contributed by atoms with Crippen molar-refractivity contribution in [1.29, 1.82) is 0 Å². The van der Waals surface area contributed by atoms with Crippen LogP contribution in [0.25, 0.3) is 11.3 Å². The molecule has 116 valence electrons. The molecular formula is C17H22N4O. The molecule has 1 fully saturated rings. The highest BCUT2D eigenvalue weighted by Gasteiger charge is 2.17. The third-order valence-electron chi connectivity index (χ3n) is 4.10. The molecule has 0 unspecified atom stereocenters. The van der Waals surface area contributed by atoms with Crippen LogP contribution in [0.15, 0.2) is 45.9 Å². The third-order valence-corrected chi connectivity index (χ3v) is 4.10. The van der Waals surface area contributed by atoms with Crippen molar-refractivity contribution in [3.05, 3.63) is 42.4 Å². The molecule has 0 aliphatic carbocycles. The lowest BCUT2D eigenvalue weighted by Gasteiger charge is -2.30. The quantitative estimate of drug-likeness (QED) is 0.699. The van der Waals surface area contributed by atoms with E-state index in [1.165, 1.54) is 12.8 Å². The summed E-state index contributed by atoms with van der Waals surface area (Å²) in [5.41, 5.74) is 7.08. The number of benzene rings is 1. The van der Waals surface area contributed by atoms with Crippen LogP contribution in [0.5, 0.6) is 0 Å². The van der Waals surface area contributed by atoms with E-state index in [1.54, 1.807) is 6.20 Å². The van der Waals surface area contributed by atoms with Gasteiger partial charge in [-0.2, -0.15) is 0 Å². The topological polar surface area (TPSA) is 67.7 Å². The second-order valence-electron chi connectivity index (χ2n) is 5.83. The molecule has 1 aliphatic heterocycles. The van der Waals surface area contributed by atoms with Crippen LogP contribution in [0, 0.1) is 5.92 Å². The van der Waals surface area contributed by atoms with Crippen molar-refractivity contribution >= 4 is 5.96 Å². The van der Waals surface area contributed by atoms with Gasteiger partial charge in [0.25, 0.3) is 0 Å². The van der Waals surface area contributed by atoms with E-state index in [0.717, 1.165) is 30.3 Å². The second-order valence-corrected chi connectivity index (χ2v) is 5.83. The smallest absolute Gasteiger partial charge is 0.216 e. The number of aromatic nitrogens is 1. The van der Waals surface area contributed by atoms with Crippen LogP contribution in [-0.2, 0) is 6.54 Å². The van der Waals surface area contributed by atoms with Gasteiger partial charge < -0.3 is 15.1 Å². The number of piperidine rings is 1. The Morgan fingerprint density at radius 2 is 2.05 bits per heavy atom. The largest absolute Gasteiger partial charge is 0.439 e. The van der Waals surface area contributed by atoms with Crippen molar-refractivity contribution < 1.29 is 4.42 Å². The summed E-state index contributed by atoms with van der Waals surface area (Å²) < 4.78 is 5.73. The molecule has 0 amide bonds. The molecule has 0 bridgehead atoms. The fourth-order valence-corrected chi connectivity index (χ4v) is 2.61. The lowest BCUT2D eigenvalue weighted by molar-refractivity contribution is 0.277. The molecule has 1 saturated heterocycles. The Morgan fingerprint density at radius 1 is 1.32 bits per heavy atom. The molecule has 0 spiro atoms. The van der Waals surface area contributed by atoms with Gasteiger partial charge in [-0.15, -0.1) is 0 Å². The summed E-state index contributed by atoms with van der Waals surface area (Å²) in [6, 6.07) is 9.93. The van der Waals surface area contributed by atoms with E-state index >= 15 is 0 Å². The summed E-state index contributed by atoms with van der Waals surface area (Å²) in [4.78, 5) is 10.8. The van der Waals surface area contributed by atoms with Gasteiger partial charge >= 0.3 is 0 Å². The molecule has 1 aromatic carbocycles. The lowest BCUT2D eigenvalue weighted by atomic mass is 10.00. The number of oxazole rings is 1. The van der Waals surface area contributed by atoms with E-state index in [1.807, 2.05) is 30.3 Å². The summed E-state index contributed by atoms with van der Waals surface area (Å²) >= 11 is 0. The molecule has 2 N–H and O–H groups in total. The lowest BCUT2D eigenvalue weighted by Crippen LogP contribution is -2.42. The zero-order chi connectivity index (χ0) is 15.4. The summed E-state index contributed by atoms with van der Waals surface area (Å²) in [6.07, 6.45) is 4.08. The van der Waals surface area contributed by atoms with Crippen LogP contribution in [0.2, 0.25) is 0 Å². The Balaban J connectivity index is 1.62. The minimum Gasteiger partial charge on any atom is -0.439 e. The maximum Gasteiger partial charge on any atom is 0.216 e. The number of likely N-dealkylation sites (tertiary alicyclic amines) is 1. The minimum atomic E-state index is 0.380. The van der Waals surface area contributed by atoms with Gasteiger partial charge in [0.05, 0.1) is 6.20 Å². The average Bonchev–Trinajstić information content (AvgIpc) is 3.03. The van der Waals surface area contributed by atoms with Crippen LogP contribution in [0.3, 0.4) is 0 Å². The Labute approximate surface area is 130 Å². The molecule has 0 saturated carbocycles. The van der Waals surface area contributed by atoms with Gasteiger partial charge in [0, 0.05) is 18.7 Å². The average molecular weight is 298 g/mol. The summed E-state index contributed by atoms with van der Waals surface area (Å²) in [5.74, 6) is 2.72. The van der Waals surface area contributed by atoms with Crippen LogP contribution in [0.1, 0.15) is 25.7 Å². The van der Waals surface area contributed by atoms with Gasteiger partial charge in [-0.05, 0) is 18.8 Å². The van der Waals surface area contributed by atoms with Crippen molar-refractivity contribution in [3.8, 4) is 11.3 Å². The minimum absolute atomic E-state index is 0.380. The fourth-order valence-electron chi connectivity index (χ4n) is 2.61. The predicted octanol–water partition coefficient (Wildman–Crippen LogP) is 2.89. The van der Waals surface area contributed by atoms with Gasteiger partial charge in [-0.1, -0.05) is 37.3 Å². The highest BCUT2D eigenvalue weighted by atomic mass is 16.4. The van der Waals surface area contributed by atoms with Crippen molar-refractivity contribution in [2.75, 3.05) is 13.1 Å². The highest BCUT2D eigenvalue weighted by molar-refractivity contribution is 5.78. The molecule has 22 heavy (non-hydrogen) atoms. The Morgan fingerprint density at radius 3 is 2.77 bits per heavy atom. The Kier molecular flexibility index (Phi) is 4.42. The Hall–Kier alpha value is -2.30. The van der Waals surface area contributed by atoms with Gasteiger partial charge in [0.1, 0.15) is 6.54 Å². The maximum absolute atomic E-state index is 6.07. The molecule has 0 radical (unpaired) electrons. The fraction of sp³-hybridized carbons (Fsp3) is 0.412. The van der Waals surface area contributed by atoms with Crippen LogP contribution < -0.4 is 5.73 Å². The first kappa shape index (κ1) is 14.6. The number of nitrogens with zero attached hydrogens (tertiary/aromatic N) is 3. The van der Waals surface area contributed by atoms with E-state index < -0.39 is 0 Å². The standard InChI is InChI=1S/C17H22N4O/c1-13-7-9-21(10-8-13)17(18)20-12-16-19-11-15(22-16)14-5-3-2-4-6-14/h2-6,11,13H,7-10,12H2,1H3,(H2,18,20). The summed E-state index contributed by atoms with van der Waals surface area (Å²) in [6.45, 7) is 4.63. The molecule has 5 heteroatoms. The Bertz CT molecular complexity index is 627. The molecule has 0 atom stereocenters. The van der Waals surface area contributed by atoms with E-state index in [2.05, 4.69) is 21.8 Å². The van der Waals surface area contributed by atoms with Gasteiger partial charge in [0.2, 0.25) is 5.89 Å². The molecule has 3 rings (SSSR count). The first-order valence-corrected chi connectivity index (χ1v) is 7.77. The molecule has 2 heterocycles. The van der Waals surface area contributed by atoms with E-state index in [9.17, 15) is 0 Å². The van der Waals surface area contributed by atoms with E-state index in [4.69, 9.17) is 10.2 Å². The molecule has 1 aromatic heterocycles. The van der Waals surface area contributed by atoms with Crippen molar-refractivity contribution in [3.63, 3.8) is 0 Å². The van der Waals surface area contributed by atoms with Crippen LogP contribution >= 0.6 is 0 Å². The molecule has 5 nitrogen and oxygen atoms in total. The first-order chi connectivity index (χ1) is 10.7. The SMILES string of the molecule is CC1CCN(C(N)=NCc2ncc(-c3ccccc3)o2)CC1. The van der Waals surface area contributed by atoms with Crippen LogP contribution in [-0.4, -0.2) is 28.9 Å². The van der Waals surface area contributed by atoms with Crippen molar-refractivity contribution in [2.45, 2.75) is 26.3 Å². The van der Waals surface area contributed by atoms with E-state index in [0.29, 0.717) is 18.4 Å². The maximum atomic E-state index is 6.07. The van der Waals surface area contributed by atoms with Gasteiger partial charge in [-0.3, -0.25) is 0 Å². The zero-order valence-corrected chi connectivity index (χ0v) is 12.9. The molecule has 1 aliphatic rings.